The largest absolute Gasteiger partial charge is 0.387 e. The lowest BCUT2D eigenvalue weighted by atomic mass is 10.1. The van der Waals surface area contributed by atoms with Crippen LogP contribution in [0.5, 0.6) is 0 Å². The Hall–Kier alpha value is -0.980. The maximum Gasteiger partial charge on any atom is 0.123 e. The van der Waals surface area contributed by atoms with Crippen molar-refractivity contribution in [2.75, 3.05) is 26.2 Å². The van der Waals surface area contributed by atoms with Crippen LogP contribution in [0.25, 0.3) is 0 Å². The molecule has 1 N–H and O–H groups in total. The summed E-state index contributed by atoms with van der Waals surface area (Å²) in [6, 6.07) is 7.34. The van der Waals surface area contributed by atoms with Gasteiger partial charge < -0.3 is 9.84 Å². The zero-order valence-electron chi connectivity index (χ0n) is 11.5. The Morgan fingerprint density at radius 2 is 2.24 bits per heavy atom. The summed E-state index contributed by atoms with van der Waals surface area (Å²) in [7, 11) is 0. The summed E-state index contributed by atoms with van der Waals surface area (Å²) >= 11 is 7.48. The highest BCUT2D eigenvalue weighted by Gasteiger charge is 2.25. The number of ether oxygens (including phenoxy) is 1. The molecule has 112 valence electrons. The SMILES string of the molecule is O[C@H](CN1CCO[C@@H](c2nccs2)C1)c1ccc(Cl)cc1. The van der Waals surface area contributed by atoms with E-state index in [1.165, 1.54) is 0 Å². The molecule has 0 amide bonds. The maximum absolute atomic E-state index is 10.3. The minimum atomic E-state index is -0.516. The summed E-state index contributed by atoms with van der Waals surface area (Å²) in [6.45, 7) is 2.84. The van der Waals surface area contributed by atoms with Gasteiger partial charge in [0.15, 0.2) is 0 Å². The summed E-state index contributed by atoms with van der Waals surface area (Å²) in [5.74, 6) is 0. The van der Waals surface area contributed by atoms with E-state index in [1.807, 2.05) is 17.5 Å². The lowest BCUT2D eigenvalue weighted by Crippen LogP contribution is -2.40. The molecule has 2 atom stereocenters. The van der Waals surface area contributed by atoms with Gasteiger partial charge in [0, 0.05) is 36.2 Å². The van der Waals surface area contributed by atoms with E-state index in [0.717, 1.165) is 23.7 Å². The summed E-state index contributed by atoms with van der Waals surface area (Å²) in [5.41, 5.74) is 0.886. The van der Waals surface area contributed by atoms with Crippen molar-refractivity contribution in [2.24, 2.45) is 0 Å². The van der Waals surface area contributed by atoms with Crippen LogP contribution in [-0.2, 0) is 4.74 Å². The van der Waals surface area contributed by atoms with Crippen LogP contribution in [0.3, 0.4) is 0 Å². The number of rotatable bonds is 4. The Morgan fingerprint density at radius 1 is 1.43 bits per heavy atom. The fourth-order valence-electron chi connectivity index (χ4n) is 2.45. The van der Waals surface area contributed by atoms with Crippen LogP contribution in [0.1, 0.15) is 22.8 Å². The van der Waals surface area contributed by atoms with E-state index in [2.05, 4.69) is 9.88 Å². The Labute approximate surface area is 133 Å². The zero-order chi connectivity index (χ0) is 14.7. The molecule has 2 aromatic rings. The highest BCUT2D eigenvalue weighted by Crippen LogP contribution is 2.25. The van der Waals surface area contributed by atoms with E-state index >= 15 is 0 Å². The number of morpholine rings is 1. The Morgan fingerprint density at radius 3 is 2.95 bits per heavy atom. The van der Waals surface area contributed by atoms with E-state index < -0.39 is 6.10 Å². The van der Waals surface area contributed by atoms with Gasteiger partial charge in [-0.15, -0.1) is 11.3 Å². The molecule has 1 saturated heterocycles. The fraction of sp³-hybridized carbons (Fsp3) is 0.400. The van der Waals surface area contributed by atoms with Crippen LogP contribution in [0, 0.1) is 0 Å². The van der Waals surface area contributed by atoms with Crippen molar-refractivity contribution < 1.29 is 9.84 Å². The topological polar surface area (TPSA) is 45.6 Å². The first kappa shape index (κ1) is 14.9. The molecule has 0 bridgehead atoms. The van der Waals surface area contributed by atoms with Crippen molar-refractivity contribution in [2.45, 2.75) is 12.2 Å². The first-order chi connectivity index (χ1) is 10.2. The third-order valence-corrected chi connectivity index (χ3v) is 4.68. The Bertz CT molecular complexity index is 562. The van der Waals surface area contributed by atoms with Crippen molar-refractivity contribution in [1.82, 2.24) is 9.88 Å². The number of hydrogen-bond donors (Lipinski definition) is 1. The fourth-order valence-corrected chi connectivity index (χ4v) is 3.25. The molecule has 2 heterocycles. The zero-order valence-corrected chi connectivity index (χ0v) is 13.1. The van der Waals surface area contributed by atoms with Crippen LogP contribution in [-0.4, -0.2) is 41.2 Å². The molecular formula is C15H17ClN2O2S. The molecule has 3 rings (SSSR count). The van der Waals surface area contributed by atoms with Crippen LogP contribution < -0.4 is 0 Å². The number of aromatic nitrogens is 1. The van der Waals surface area contributed by atoms with Gasteiger partial charge in [-0.25, -0.2) is 4.98 Å². The van der Waals surface area contributed by atoms with Crippen LogP contribution in [0.15, 0.2) is 35.8 Å². The second-order valence-corrected chi connectivity index (χ2v) is 6.42. The predicted octanol–water partition coefficient (Wildman–Crippen LogP) is 2.90. The molecular weight excluding hydrogens is 308 g/mol. The minimum absolute atomic E-state index is 0.0103. The molecule has 0 unspecified atom stereocenters. The molecule has 1 aromatic heterocycles. The third-order valence-electron chi connectivity index (χ3n) is 3.56. The average molecular weight is 325 g/mol. The van der Waals surface area contributed by atoms with E-state index in [0.29, 0.717) is 18.2 Å². The van der Waals surface area contributed by atoms with Crippen molar-refractivity contribution in [1.29, 1.82) is 0 Å². The molecule has 1 aromatic carbocycles. The van der Waals surface area contributed by atoms with Crippen molar-refractivity contribution in [3.63, 3.8) is 0 Å². The number of hydrogen-bond acceptors (Lipinski definition) is 5. The molecule has 0 radical (unpaired) electrons. The normalized spacial score (nSPS) is 21.3. The molecule has 1 aliphatic rings. The van der Waals surface area contributed by atoms with Gasteiger partial charge in [-0.3, -0.25) is 4.90 Å². The van der Waals surface area contributed by atoms with Gasteiger partial charge >= 0.3 is 0 Å². The summed E-state index contributed by atoms with van der Waals surface area (Å²) in [4.78, 5) is 6.53. The number of β-amino-alcohol motifs (C(OH)–C–C–N with tert-alkyl or cyclic N) is 1. The van der Waals surface area contributed by atoms with E-state index in [9.17, 15) is 5.11 Å². The Balaban J connectivity index is 1.60. The summed E-state index contributed by atoms with van der Waals surface area (Å²) in [5, 5.41) is 14.0. The maximum atomic E-state index is 10.3. The minimum Gasteiger partial charge on any atom is -0.387 e. The number of aliphatic hydroxyl groups is 1. The third kappa shape index (κ3) is 3.81. The van der Waals surface area contributed by atoms with Gasteiger partial charge in [-0.05, 0) is 17.7 Å². The smallest absolute Gasteiger partial charge is 0.123 e. The van der Waals surface area contributed by atoms with E-state index in [1.54, 1.807) is 29.7 Å². The monoisotopic (exact) mass is 324 g/mol. The van der Waals surface area contributed by atoms with Crippen molar-refractivity contribution in [3.8, 4) is 0 Å². The number of thiazole rings is 1. The molecule has 6 heteroatoms. The summed E-state index contributed by atoms with van der Waals surface area (Å²) < 4.78 is 5.76. The van der Waals surface area contributed by atoms with Gasteiger partial charge in [0.1, 0.15) is 11.1 Å². The van der Waals surface area contributed by atoms with Gasteiger partial charge in [-0.2, -0.15) is 0 Å². The number of aliphatic hydroxyl groups excluding tert-OH is 1. The number of nitrogens with zero attached hydrogens (tertiary/aromatic N) is 2. The van der Waals surface area contributed by atoms with Crippen molar-refractivity contribution in [3.05, 3.63) is 51.4 Å². The van der Waals surface area contributed by atoms with Crippen LogP contribution in [0.4, 0.5) is 0 Å². The molecule has 0 spiro atoms. The standard InChI is InChI=1S/C15H17ClN2O2S/c16-12-3-1-11(2-4-12)13(19)9-18-6-7-20-14(10-18)15-17-5-8-21-15/h1-5,8,13-14,19H,6-7,9-10H2/t13-,14-/m1/s1. The first-order valence-electron chi connectivity index (χ1n) is 6.89. The molecule has 1 fully saturated rings. The Kier molecular flexibility index (Phi) is 4.87. The van der Waals surface area contributed by atoms with Gasteiger partial charge in [0.2, 0.25) is 0 Å². The molecule has 0 saturated carbocycles. The van der Waals surface area contributed by atoms with Gasteiger partial charge in [0.05, 0.1) is 12.7 Å². The second-order valence-electron chi connectivity index (χ2n) is 5.06. The summed E-state index contributed by atoms with van der Waals surface area (Å²) in [6.07, 6.45) is 1.29. The first-order valence-corrected chi connectivity index (χ1v) is 8.15. The van der Waals surface area contributed by atoms with Crippen LogP contribution >= 0.6 is 22.9 Å². The number of benzene rings is 1. The second kappa shape index (κ2) is 6.85. The molecule has 4 nitrogen and oxygen atoms in total. The number of halogens is 1. The van der Waals surface area contributed by atoms with E-state index in [4.69, 9.17) is 16.3 Å². The van der Waals surface area contributed by atoms with Crippen LogP contribution in [0.2, 0.25) is 5.02 Å². The van der Waals surface area contributed by atoms with Gasteiger partial charge in [0.25, 0.3) is 0 Å². The molecule has 1 aliphatic heterocycles. The lowest BCUT2D eigenvalue weighted by Gasteiger charge is -2.33. The average Bonchev–Trinajstić information content (AvgIpc) is 3.02. The highest BCUT2D eigenvalue weighted by molar-refractivity contribution is 7.09. The van der Waals surface area contributed by atoms with Crippen molar-refractivity contribution >= 4 is 22.9 Å². The molecule has 21 heavy (non-hydrogen) atoms. The quantitative estimate of drug-likeness (QED) is 0.939. The lowest BCUT2D eigenvalue weighted by molar-refractivity contribution is -0.0424. The van der Waals surface area contributed by atoms with E-state index in [-0.39, 0.29) is 6.10 Å². The highest BCUT2D eigenvalue weighted by atomic mass is 35.5. The van der Waals surface area contributed by atoms with Gasteiger partial charge in [-0.1, -0.05) is 23.7 Å². The predicted molar refractivity (Wildman–Crippen MR) is 83.7 cm³/mol. The molecule has 0 aliphatic carbocycles.